The number of rotatable bonds is 9. The number of aromatic amines is 1. The van der Waals surface area contributed by atoms with E-state index in [1.807, 2.05) is 49.5 Å². The standard InChI is InChI=1S/C25H26N6O3/c1-31(2)12-3-13-34-24(33)9-8-23(32)29-19-5-7-22-20(15-19)25(28-16-27-22)30-18-4-6-21-17(14-18)10-11-26-21/h4-11,14-16,26H,3,12-13H2,1-2H3,(H,29,32)(H,27,28,30)/b9-8+. The molecule has 0 aliphatic heterocycles. The van der Waals surface area contributed by atoms with Crippen molar-refractivity contribution in [2.75, 3.05) is 37.9 Å². The van der Waals surface area contributed by atoms with Crippen molar-refractivity contribution in [1.82, 2.24) is 19.9 Å². The van der Waals surface area contributed by atoms with Gasteiger partial charge in [0.05, 0.1) is 12.1 Å². The summed E-state index contributed by atoms with van der Waals surface area (Å²) in [5.41, 5.74) is 3.22. The number of anilines is 3. The lowest BCUT2D eigenvalue weighted by Crippen LogP contribution is -2.16. The van der Waals surface area contributed by atoms with Crippen molar-refractivity contribution in [3.8, 4) is 0 Å². The van der Waals surface area contributed by atoms with Crippen LogP contribution in [0.25, 0.3) is 21.8 Å². The van der Waals surface area contributed by atoms with Gasteiger partial charge in [0.2, 0.25) is 5.91 Å². The van der Waals surface area contributed by atoms with Crippen LogP contribution in [0, 0.1) is 0 Å². The number of hydrogen-bond donors (Lipinski definition) is 3. The summed E-state index contributed by atoms with van der Waals surface area (Å²) in [4.78, 5) is 37.9. The van der Waals surface area contributed by atoms with Gasteiger partial charge < -0.3 is 25.3 Å². The molecule has 0 unspecified atom stereocenters. The van der Waals surface area contributed by atoms with Crippen LogP contribution in [-0.2, 0) is 14.3 Å². The van der Waals surface area contributed by atoms with Gasteiger partial charge in [-0.3, -0.25) is 4.79 Å². The summed E-state index contributed by atoms with van der Waals surface area (Å²) in [6.07, 6.45) is 6.39. The first-order valence-corrected chi connectivity index (χ1v) is 10.9. The molecule has 1 amide bonds. The fraction of sp³-hybridized carbons (Fsp3) is 0.200. The summed E-state index contributed by atoms with van der Waals surface area (Å²) in [5, 5.41) is 7.91. The number of esters is 1. The SMILES string of the molecule is CN(C)CCCOC(=O)/C=C/C(=O)Nc1ccc2ncnc(Nc3ccc4[nH]ccc4c3)c2c1. The molecule has 0 saturated heterocycles. The van der Waals surface area contributed by atoms with Crippen molar-refractivity contribution < 1.29 is 14.3 Å². The molecule has 0 spiro atoms. The van der Waals surface area contributed by atoms with Crippen molar-refractivity contribution in [2.45, 2.75) is 6.42 Å². The van der Waals surface area contributed by atoms with Crippen molar-refractivity contribution in [1.29, 1.82) is 0 Å². The smallest absolute Gasteiger partial charge is 0.330 e. The zero-order valence-electron chi connectivity index (χ0n) is 19.0. The highest BCUT2D eigenvalue weighted by molar-refractivity contribution is 6.04. The number of nitrogens with one attached hydrogen (secondary N) is 3. The Bertz CT molecular complexity index is 1350. The maximum atomic E-state index is 12.3. The van der Waals surface area contributed by atoms with Gasteiger partial charge in [-0.05, 0) is 63.0 Å². The highest BCUT2D eigenvalue weighted by Gasteiger charge is 2.08. The Kier molecular flexibility index (Phi) is 7.14. The number of amides is 1. The molecule has 2 aromatic carbocycles. The Labute approximate surface area is 196 Å². The third kappa shape index (κ3) is 5.96. The molecule has 3 N–H and O–H groups in total. The van der Waals surface area contributed by atoms with Gasteiger partial charge in [-0.15, -0.1) is 0 Å². The van der Waals surface area contributed by atoms with Crippen molar-refractivity contribution in [2.24, 2.45) is 0 Å². The number of nitrogens with zero attached hydrogens (tertiary/aromatic N) is 3. The molecule has 0 aliphatic carbocycles. The van der Waals surface area contributed by atoms with Crippen LogP contribution in [0.4, 0.5) is 17.2 Å². The van der Waals surface area contributed by atoms with Crippen LogP contribution in [0.2, 0.25) is 0 Å². The summed E-state index contributed by atoms with van der Waals surface area (Å²) in [6.45, 7) is 1.13. The van der Waals surface area contributed by atoms with Gasteiger partial charge in [-0.25, -0.2) is 14.8 Å². The summed E-state index contributed by atoms with van der Waals surface area (Å²) < 4.78 is 5.09. The average molecular weight is 459 g/mol. The topological polar surface area (TPSA) is 112 Å². The van der Waals surface area contributed by atoms with E-state index in [4.69, 9.17) is 4.74 Å². The van der Waals surface area contributed by atoms with E-state index >= 15 is 0 Å². The maximum Gasteiger partial charge on any atom is 0.330 e. The van der Waals surface area contributed by atoms with E-state index < -0.39 is 11.9 Å². The Balaban J connectivity index is 1.42. The number of aromatic nitrogens is 3. The number of hydrogen-bond acceptors (Lipinski definition) is 7. The normalized spacial score (nSPS) is 11.4. The van der Waals surface area contributed by atoms with E-state index in [0.29, 0.717) is 18.1 Å². The fourth-order valence-corrected chi connectivity index (χ4v) is 3.43. The minimum absolute atomic E-state index is 0.306. The number of fused-ring (bicyclic) bond motifs is 2. The van der Waals surface area contributed by atoms with Gasteiger partial charge in [0.25, 0.3) is 0 Å². The van der Waals surface area contributed by atoms with Gasteiger partial charge in [0.1, 0.15) is 12.1 Å². The number of carbonyl (C=O) groups excluding carboxylic acids is 2. The molecule has 9 nitrogen and oxygen atoms in total. The average Bonchev–Trinajstić information content (AvgIpc) is 3.29. The molecule has 0 bridgehead atoms. The van der Waals surface area contributed by atoms with Gasteiger partial charge in [0.15, 0.2) is 0 Å². The summed E-state index contributed by atoms with van der Waals surface area (Å²) in [7, 11) is 3.90. The molecule has 174 valence electrons. The molecule has 2 aromatic heterocycles. The lowest BCUT2D eigenvalue weighted by Gasteiger charge is -2.10. The molecule has 9 heteroatoms. The van der Waals surface area contributed by atoms with Crippen LogP contribution in [0.1, 0.15) is 6.42 Å². The molecule has 34 heavy (non-hydrogen) atoms. The van der Waals surface area contributed by atoms with E-state index in [2.05, 4.69) is 25.6 Å². The molecule has 0 atom stereocenters. The lowest BCUT2D eigenvalue weighted by molar-refractivity contribution is -0.138. The van der Waals surface area contributed by atoms with Crippen LogP contribution < -0.4 is 10.6 Å². The first-order chi connectivity index (χ1) is 16.5. The van der Waals surface area contributed by atoms with Gasteiger partial charge >= 0.3 is 5.97 Å². The first kappa shape index (κ1) is 22.9. The van der Waals surface area contributed by atoms with Crippen LogP contribution >= 0.6 is 0 Å². The molecular formula is C25H26N6O3. The number of carbonyl (C=O) groups is 2. The Morgan fingerprint density at radius 1 is 1.06 bits per heavy atom. The molecular weight excluding hydrogens is 432 g/mol. The number of H-pyrrole nitrogens is 1. The predicted molar refractivity (Wildman–Crippen MR) is 133 cm³/mol. The van der Waals surface area contributed by atoms with E-state index in [0.717, 1.165) is 52.6 Å². The fourth-order valence-electron chi connectivity index (χ4n) is 3.43. The number of benzene rings is 2. The molecule has 4 rings (SSSR count). The van der Waals surface area contributed by atoms with E-state index in [9.17, 15) is 9.59 Å². The highest BCUT2D eigenvalue weighted by atomic mass is 16.5. The summed E-state index contributed by atoms with van der Waals surface area (Å²) in [5.74, 6) is -0.367. The third-order valence-corrected chi connectivity index (χ3v) is 5.08. The predicted octanol–water partition coefficient (Wildman–Crippen LogP) is 3.84. The second-order valence-electron chi connectivity index (χ2n) is 8.01. The van der Waals surface area contributed by atoms with E-state index in [1.165, 1.54) is 6.33 Å². The van der Waals surface area contributed by atoms with Crippen LogP contribution in [0.15, 0.2) is 67.1 Å². The zero-order valence-corrected chi connectivity index (χ0v) is 19.0. The van der Waals surface area contributed by atoms with Crippen LogP contribution in [0.5, 0.6) is 0 Å². The van der Waals surface area contributed by atoms with Crippen LogP contribution in [0.3, 0.4) is 0 Å². The molecule has 0 saturated carbocycles. The molecule has 4 aromatic rings. The van der Waals surface area contributed by atoms with Crippen LogP contribution in [-0.4, -0.2) is 59.0 Å². The van der Waals surface area contributed by atoms with Gasteiger partial charge in [-0.2, -0.15) is 0 Å². The van der Waals surface area contributed by atoms with Crippen molar-refractivity contribution >= 4 is 50.9 Å². The second-order valence-corrected chi connectivity index (χ2v) is 8.01. The minimum Gasteiger partial charge on any atom is -0.462 e. The largest absolute Gasteiger partial charge is 0.462 e. The van der Waals surface area contributed by atoms with Gasteiger partial charge in [-0.1, -0.05) is 0 Å². The molecule has 0 aliphatic rings. The van der Waals surface area contributed by atoms with Crippen molar-refractivity contribution in [3.05, 3.63) is 67.1 Å². The zero-order chi connectivity index (χ0) is 23.9. The third-order valence-electron chi connectivity index (χ3n) is 5.08. The highest BCUT2D eigenvalue weighted by Crippen LogP contribution is 2.27. The molecule has 0 radical (unpaired) electrons. The Morgan fingerprint density at radius 3 is 2.76 bits per heavy atom. The second kappa shape index (κ2) is 10.6. The Hall–Kier alpha value is -4.24. The van der Waals surface area contributed by atoms with Gasteiger partial charge in [0, 0.05) is 52.6 Å². The maximum absolute atomic E-state index is 12.3. The summed E-state index contributed by atoms with van der Waals surface area (Å²) in [6, 6.07) is 13.3. The van der Waals surface area contributed by atoms with E-state index in [-0.39, 0.29) is 0 Å². The molecule has 0 fully saturated rings. The summed E-state index contributed by atoms with van der Waals surface area (Å²) >= 11 is 0. The first-order valence-electron chi connectivity index (χ1n) is 10.9. The molecule has 2 heterocycles. The quantitative estimate of drug-likeness (QED) is 0.198. The lowest BCUT2D eigenvalue weighted by atomic mass is 10.2. The van der Waals surface area contributed by atoms with E-state index in [1.54, 1.807) is 18.2 Å². The Morgan fingerprint density at radius 2 is 1.91 bits per heavy atom. The van der Waals surface area contributed by atoms with Crippen molar-refractivity contribution in [3.63, 3.8) is 0 Å². The number of ether oxygens (including phenoxy) is 1. The minimum atomic E-state index is -0.549. The monoisotopic (exact) mass is 458 g/mol.